The molecule has 0 atom stereocenters. The number of fused-ring (bicyclic) bond motifs is 1. The summed E-state index contributed by atoms with van der Waals surface area (Å²) in [5.41, 5.74) is 3.66. The van der Waals surface area contributed by atoms with E-state index in [1.165, 1.54) is 12.0 Å². The maximum Gasteiger partial charge on any atom is 0.252 e. The van der Waals surface area contributed by atoms with Crippen molar-refractivity contribution in [1.29, 1.82) is 0 Å². The molecule has 0 bridgehead atoms. The van der Waals surface area contributed by atoms with Gasteiger partial charge in [-0.15, -0.1) is 0 Å². The Balaban J connectivity index is 1.45. The average molecular weight is 399 g/mol. The van der Waals surface area contributed by atoms with E-state index in [1.54, 1.807) is 0 Å². The summed E-state index contributed by atoms with van der Waals surface area (Å²) >= 11 is 0. The molecule has 6 nitrogen and oxygen atoms in total. The minimum absolute atomic E-state index is 0.0574. The third-order valence-corrected chi connectivity index (χ3v) is 6.75. The van der Waals surface area contributed by atoms with E-state index in [9.17, 15) is 9.90 Å². The van der Waals surface area contributed by atoms with Crippen LogP contribution in [0.2, 0.25) is 0 Å². The van der Waals surface area contributed by atoms with Crippen LogP contribution in [-0.4, -0.2) is 57.3 Å². The minimum Gasteiger partial charge on any atom is -0.389 e. The van der Waals surface area contributed by atoms with Crippen LogP contribution >= 0.6 is 0 Å². The molecule has 2 N–H and O–H groups in total. The van der Waals surface area contributed by atoms with Crippen molar-refractivity contribution < 1.29 is 9.90 Å². The molecule has 6 heteroatoms. The van der Waals surface area contributed by atoms with Gasteiger partial charge in [0.2, 0.25) is 0 Å². The van der Waals surface area contributed by atoms with Gasteiger partial charge in [0.25, 0.3) is 5.91 Å². The van der Waals surface area contributed by atoms with Crippen molar-refractivity contribution in [3.05, 3.63) is 35.2 Å². The summed E-state index contributed by atoms with van der Waals surface area (Å²) in [7, 11) is 0. The van der Waals surface area contributed by atoms with Crippen LogP contribution in [0.5, 0.6) is 0 Å². The zero-order chi connectivity index (χ0) is 20.4. The average Bonchev–Trinajstić information content (AvgIpc) is 3.04. The lowest BCUT2D eigenvalue weighted by molar-refractivity contribution is -0.0307. The SMILES string of the molecule is CCNC(=O)c1ccc2c(C3CCN(CC4(O)CCCCC4)CC3)c(C)nn2c1. The predicted octanol–water partition coefficient (Wildman–Crippen LogP) is 3.27. The third kappa shape index (κ3) is 4.33. The van der Waals surface area contributed by atoms with Gasteiger partial charge >= 0.3 is 0 Å². The standard InChI is InChI=1S/C23H34N4O2/c1-3-24-22(28)19-7-8-20-21(17(2)25-27(20)15-19)18-9-13-26(14-10-18)16-23(29)11-5-4-6-12-23/h7-8,15,18,29H,3-6,9-14,16H2,1-2H3,(H,24,28). The van der Waals surface area contributed by atoms with Gasteiger partial charge in [0, 0.05) is 24.8 Å². The second-order valence-corrected chi connectivity index (χ2v) is 8.94. The Morgan fingerprint density at radius 3 is 2.66 bits per heavy atom. The maximum absolute atomic E-state index is 12.1. The van der Waals surface area contributed by atoms with Gasteiger partial charge in [0.15, 0.2) is 0 Å². The largest absolute Gasteiger partial charge is 0.389 e. The first-order valence-electron chi connectivity index (χ1n) is 11.2. The topological polar surface area (TPSA) is 69.9 Å². The van der Waals surface area contributed by atoms with Crippen molar-refractivity contribution in [2.45, 2.75) is 70.3 Å². The molecule has 2 fully saturated rings. The number of aryl methyl sites for hydroxylation is 1. The first-order valence-corrected chi connectivity index (χ1v) is 11.2. The highest BCUT2D eigenvalue weighted by molar-refractivity contribution is 5.94. The van der Waals surface area contributed by atoms with Crippen LogP contribution in [0.15, 0.2) is 18.3 Å². The minimum atomic E-state index is -0.471. The molecule has 29 heavy (non-hydrogen) atoms. The van der Waals surface area contributed by atoms with Crippen LogP contribution in [0.3, 0.4) is 0 Å². The van der Waals surface area contributed by atoms with E-state index in [0.29, 0.717) is 18.0 Å². The second-order valence-electron chi connectivity index (χ2n) is 8.94. The maximum atomic E-state index is 12.1. The molecule has 2 aliphatic rings. The summed E-state index contributed by atoms with van der Waals surface area (Å²) in [5.74, 6) is 0.429. The van der Waals surface area contributed by atoms with E-state index in [0.717, 1.165) is 69.4 Å². The molecular formula is C23H34N4O2. The zero-order valence-corrected chi connectivity index (χ0v) is 17.8. The van der Waals surface area contributed by atoms with Crippen molar-refractivity contribution in [3.8, 4) is 0 Å². The lowest BCUT2D eigenvalue weighted by Crippen LogP contribution is -2.46. The molecule has 1 aliphatic carbocycles. The number of carbonyl (C=O) groups is 1. The number of carbonyl (C=O) groups excluding carboxylic acids is 1. The highest BCUT2D eigenvalue weighted by Gasteiger charge is 2.33. The first-order chi connectivity index (χ1) is 14.0. The number of nitrogens with one attached hydrogen (secondary N) is 1. The molecule has 0 aromatic carbocycles. The molecule has 2 aromatic heterocycles. The number of hydrogen-bond donors (Lipinski definition) is 2. The fraction of sp³-hybridized carbons (Fsp3) is 0.652. The highest BCUT2D eigenvalue weighted by Crippen LogP contribution is 2.35. The van der Waals surface area contributed by atoms with Gasteiger partial charge < -0.3 is 15.3 Å². The zero-order valence-electron chi connectivity index (χ0n) is 17.8. The van der Waals surface area contributed by atoms with E-state index in [1.807, 2.05) is 29.8 Å². The van der Waals surface area contributed by atoms with Crippen LogP contribution in [0.1, 0.15) is 79.4 Å². The Bertz CT molecular complexity index is 861. The van der Waals surface area contributed by atoms with Crippen LogP contribution < -0.4 is 5.32 Å². The van der Waals surface area contributed by atoms with Crippen molar-refractivity contribution >= 4 is 11.4 Å². The van der Waals surface area contributed by atoms with Crippen molar-refractivity contribution in [2.24, 2.45) is 0 Å². The number of amides is 1. The monoisotopic (exact) mass is 398 g/mol. The number of aromatic nitrogens is 2. The second kappa shape index (κ2) is 8.44. The Morgan fingerprint density at radius 2 is 1.97 bits per heavy atom. The molecule has 1 aliphatic heterocycles. The van der Waals surface area contributed by atoms with Crippen LogP contribution in [0, 0.1) is 6.92 Å². The van der Waals surface area contributed by atoms with E-state index in [-0.39, 0.29) is 5.91 Å². The number of pyridine rings is 1. The molecule has 3 heterocycles. The van der Waals surface area contributed by atoms with Crippen molar-refractivity contribution in [3.63, 3.8) is 0 Å². The predicted molar refractivity (Wildman–Crippen MR) is 114 cm³/mol. The van der Waals surface area contributed by atoms with Gasteiger partial charge in [-0.1, -0.05) is 19.3 Å². The van der Waals surface area contributed by atoms with E-state index < -0.39 is 5.60 Å². The van der Waals surface area contributed by atoms with Gasteiger partial charge in [-0.05, 0) is 70.7 Å². The Labute approximate surface area is 173 Å². The number of rotatable bonds is 5. The smallest absolute Gasteiger partial charge is 0.252 e. The molecule has 0 spiro atoms. The lowest BCUT2D eigenvalue weighted by atomic mass is 9.83. The Hall–Kier alpha value is -1.92. The number of aliphatic hydroxyl groups is 1. The number of likely N-dealkylation sites (tertiary alicyclic amines) is 1. The molecule has 1 saturated heterocycles. The number of piperidine rings is 1. The number of hydrogen-bond acceptors (Lipinski definition) is 4. The summed E-state index contributed by atoms with van der Waals surface area (Å²) in [4.78, 5) is 14.6. The fourth-order valence-corrected chi connectivity index (χ4v) is 5.25. The van der Waals surface area contributed by atoms with Gasteiger partial charge in [-0.25, -0.2) is 4.52 Å². The van der Waals surface area contributed by atoms with E-state index >= 15 is 0 Å². The Kier molecular flexibility index (Phi) is 5.93. The van der Waals surface area contributed by atoms with Crippen LogP contribution in [-0.2, 0) is 0 Å². The summed E-state index contributed by atoms with van der Waals surface area (Å²) in [6.07, 6.45) is 9.51. The molecule has 4 rings (SSSR count). The third-order valence-electron chi connectivity index (χ3n) is 6.75. The normalized spacial score (nSPS) is 20.8. The fourth-order valence-electron chi connectivity index (χ4n) is 5.25. The molecule has 1 amide bonds. The first kappa shape index (κ1) is 20.4. The highest BCUT2D eigenvalue weighted by atomic mass is 16.3. The summed E-state index contributed by atoms with van der Waals surface area (Å²) in [6, 6.07) is 3.94. The molecule has 0 unspecified atom stereocenters. The van der Waals surface area contributed by atoms with Crippen LogP contribution in [0.25, 0.3) is 5.52 Å². The molecular weight excluding hydrogens is 364 g/mol. The molecule has 2 aromatic rings. The molecule has 1 saturated carbocycles. The summed E-state index contributed by atoms with van der Waals surface area (Å²) < 4.78 is 1.87. The van der Waals surface area contributed by atoms with Gasteiger partial charge in [-0.3, -0.25) is 4.79 Å². The van der Waals surface area contributed by atoms with Gasteiger partial charge in [0.1, 0.15) is 0 Å². The summed E-state index contributed by atoms with van der Waals surface area (Å²) in [5, 5.41) is 18.4. The quantitative estimate of drug-likeness (QED) is 0.811. The van der Waals surface area contributed by atoms with E-state index in [2.05, 4.69) is 17.1 Å². The summed E-state index contributed by atoms with van der Waals surface area (Å²) in [6.45, 7) is 7.50. The molecule has 0 radical (unpaired) electrons. The lowest BCUT2D eigenvalue weighted by Gasteiger charge is -2.40. The van der Waals surface area contributed by atoms with Gasteiger partial charge in [-0.2, -0.15) is 5.10 Å². The van der Waals surface area contributed by atoms with Crippen molar-refractivity contribution in [1.82, 2.24) is 19.8 Å². The Morgan fingerprint density at radius 1 is 1.24 bits per heavy atom. The molecule has 158 valence electrons. The van der Waals surface area contributed by atoms with Crippen molar-refractivity contribution in [2.75, 3.05) is 26.2 Å². The van der Waals surface area contributed by atoms with Crippen LogP contribution in [0.4, 0.5) is 0 Å². The van der Waals surface area contributed by atoms with E-state index in [4.69, 9.17) is 5.10 Å². The van der Waals surface area contributed by atoms with Gasteiger partial charge in [0.05, 0.1) is 22.4 Å². The number of β-amino-alcohol motifs (C(OH)–C–C–N with tert-alkyl or cyclic N) is 1. The number of nitrogens with zero attached hydrogens (tertiary/aromatic N) is 3.